The fourth-order valence-electron chi connectivity index (χ4n) is 3.09. The van der Waals surface area contributed by atoms with E-state index in [1.165, 1.54) is 11.8 Å². The zero-order chi connectivity index (χ0) is 19.9. The molecule has 0 aliphatic carbocycles. The molecule has 0 atom stereocenters. The molecule has 0 fully saturated rings. The number of nitrogens with zero attached hydrogens (tertiary/aromatic N) is 4. The van der Waals surface area contributed by atoms with Crippen LogP contribution in [0.25, 0.3) is 11.0 Å². The van der Waals surface area contributed by atoms with Crippen molar-refractivity contribution in [3.63, 3.8) is 0 Å². The predicted octanol–water partition coefficient (Wildman–Crippen LogP) is 4.48. The van der Waals surface area contributed by atoms with Gasteiger partial charge >= 0.3 is 0 Å². The first kappa shape index (κ1) is 20.0. The van der Waals surface area contributed by atoms with Crippen molar-refractivity contribution in [3.8, 4) is 6.07 Å². The SMILES string of the molecule is CC(C)N(Cc1ccccc1)C(=O)CSc1nc2ccccc2n1CCC#N. The number of nitriles is 1. The Morgan fingerprint density at radius 1 is 1.18 bits per heavy atom. The highest BCUT2D eigenvalue weighted by Gasteiger charge is 2.19. The van der Waals surface area contributed by atoms with Crippen LogP contribution in [-0.2, 0) is 17.9 Å². The lowest BCUT2D eigenvalue weighted by molar-refractivity contribution is -0.130. The largest absolute Gasteiger partial charge is 0.335 e. The maximum Gasteiger partial charge on any atom is 0.233 e. The number of thioether (sulfide) groups is 1. The molecule has 0 bridgehead atoms. The van der Waals surface area contributed by atoms with Crippen LogP contribution in [0, 0.1) is 11.3 Å². The zero-order valence-electron chi connectivity index (χ0n) is 16.2. The zero-order valence-corrected chi connectivity index (χ0v) is 17.0. The van der Waals surface area contributed by atoms with Crippen molar-refractivity contribution >= 4 is 28.7 Å². The minimum Gasteiger partial charge on any atom is -0.335 e. The summed E-state index contributed by atoms with van der Waals surface area (Å²) in [6.45, 7) is 5.25. The van der Waals surface area contributed by atoms with Crippen LogP contribution in [0.3, 0.4) is 0 Å². The van der Waals surface area contributed by atoms with E-state index in [9.17, 15) is 4.79 Å². The number of hydrogen-bond acceptors (Lipinski definition) is 4. The number of para-hydroxylation sites is 2. The molecule has 0 aliphatic rings. The van der Waals surface area contributed by atoms with Gasteiger partial charge in [-0.05, 0) is 31.5 Å². The highest BCUT2D eigenvalue weighted by atomic mass is 32.2. The second kappa shape index (κ2) is 9.43. The molecule has 1 heterocycles. The lowest BCUT2D eigenvalue weighted by Crippen LogP contribution is -2.37. The molecule has 3 aromatic rings. The number of rotatable bonds is 8. The Bertz CT molecular complexity index is 975. The molecule has 0 saturated heterocycles. The van der Waals surface area contributed by atoms with Crippen LogP contribution in [0.4, 0.5) is 0 Å². The summed E-state index contributed by atoms with van der Waals surface area (Å²) in [7, 11) is 0. The molecule has 0 radical (unpaired) electrons. The number of fused-ring (bicyclic) bond motifs is 1. The van der Waals surface area contributed by atoms with Crippen LogP contribution in [0.1, 0.15) is 25.8 Å². The van der Waals surface area contributed by atoms with Gasteiger partial charge in [0.05, 0.1) is 29.3 Å². The summed E-state index contributed by atoms with van der Waals surface area (Å²) in [5.41, 5.74) is 3.01. The summed E-state index contributed by atoms with van der Waals surface area (Å²) < 4.78 is 2.04. The van der Waals surface area contributed by atoms with Crippen LogP contribution in [0.5, 0.6) is 0 Å². The Morgan fingerprint density at radius 3 is 2.61 bits per heavy atom. The Morgan fingerprint density at radius 2 is 1.89 bits per heavy atom. The van der Waals surface area contributed by atoms with Gasteiger partial charge in [-0.2, -0.15) is 5.26 Å². The van der Waals surface area contributed by atoms with Gasteiger partial charge in [0.1, 0.15) is 0 Å². The first-order valence-electron chi connectivity index (χ1n) is 9.38. The van der Waals surface area contributed by atoms with E-state index in [0.29, 0.717) is 25.3 Å². The van der Waals surface area contributed by atoms with E-state index in [2.05, 4.69) is 11.1 Å². The van der Waals surface area contributed by atoms with Gasteiger partial charge in [0.2, 0.25) is 5.91 Å². The monoisotopic (exact) mass is 392 g/mol. The highest BCUT2D eigenvalue weighted by Crippen LogP contribution is 2.25. The van der Waals surface area contributed by atoms with Gasteiger partial charge in [-0.15, -0.1) is 0 Å². The van der Waals surface area contributed by atoms with Crippen LogP contribution in [0.2, 0.25) is 0 Å². The van der Waals surface area contributed by atoms with Gasteiger partial charge in [0.25, 0.3) is 0 Å². The average molecular weight is 393 g/mol. The van der Waals surface area contributed by atoms with Crippen molar-refractivity contribution < 1.29 is 4.79 Å². The summed E-state index contributed by atoms with van der Waals surface area (Å²) in [6, 6.07) is 20.2. The summed E-state index contributed by atoms with van der Waals surface area (Å²) >= 11 is 1.44. The number of aryl methyl sites for hydroxylation is 1. The molecule has 0 unspecified atom stereocenters. The molecule has 0 aliphatic heterocycles. The lowest BCUT2D eigenvalue weighted by atomic mass is 10.2. The second-order valence-electron chi connectivity index (χ2n) is 6.83. The molecule has 2 aromatic carbocycles. The maximum absolute atomic E-state index is 12.9. The first-order valence-corrected chi connectivity index (χ1v) is 10.4. The van der Waals surface area contributed by atoms with E-state index in [-0.39, 0.29) is 11.9 Å². The van der Waals surface area contributed by atoms with Crippen LogP contribution in [0.15, 0.2) is 59.8 Å². The van der Waals surface area contributed by atoms with Crippen molar-refractivity contribution in [1.29, 1.82) is 5.26 Å². The van der Waals surface area contributed by atoms with E-state index in [0.717, 1.165) is 21.8 Å². The Hall–Kier alpha value is -2.78. The van der Waals surface area contributed by atoms with Gasteiger partial charge in [-0.3, -0.25) is 4.79 Å². The number of hydrogen-bond donors (Lipinski definition) is 0. The van der Waals surface area contributed by atoms with E-state index in [4.69, 9.17) is 5.26 Å². The van der Waals surface area contributed by atoms with Crippen molar-refractivity contribution in [2.75, 3.05) is 5.75 Å². The van der Waals surface area contributed by atoms with Crippen LogP contribution >= 0.6 is 11.8 Å². The smallest absolute Gasteiger partial charge is 0.233 e. The van der Waals surface area contributed by atoms with Crippen molar-refractivity contribution in [2.45, 2.75) is 44.6 Å². The minimum absolute atomic E-state index is 0.0859. The first-order chi connectivity index (χ1) is 13.6. The third kappa shape index (κ3) is 4.73. The number of carbonyl (C=O) groups excluding carboxylic acids is 1. The number of benzene rings is 2. The molecular formula is C22H24N4OS. The molecule has 1 aromatic heterocycles. The van der Waals surface area contributed by atoms with Gasteiger partial charge in [0.15, 0.2) is 5.16 Å². The van der Waals surface area contributed by atoms with E-state index in [1.54, 1.807) is 0 Å². The van der Waals surface area contributed by atoms with Gasteiger partial charge in [-0.25, -0.2) is 4.98 Å². The second-order valence-corrected chi connectivity index (χ2v) is 7.78. The van der Waals surface area contributed by atoms with E-state index >= 15 is 0 Å². The molecule has 1 amide bonds. The number of amides is 1. The summed E-state index contributed by atoms with van der Waals surface area (Å²) in [5.74, 6) is 0.406. The Balaban J connectivity index is 1.74. The third-order valence-corrected chi connectivity index (χ3v) is 5.49. The van der Waals surface area contributed by atoms with Crippen molar-refractivity contribution in [2.24, 2.45) is 0 Å². The topological polar surface area (TPSA) is 61.9 Å². The fourth-order valence-corrected chi connectivity index (χ4v) is 4.02. The van der Waals surface area contributed by atoms with E-state index < -0.39 is 0 Å². The van der Waals surface area contributed by atoms with Gasteiger partial charge in [0, 0.05) is 19.1 Å². The highest BCUT2D eigenvalue weighted by molar-refractivity contribution is 7.99. The van der Waals surface area contributed by atoms with Gasteiger partial charge in [-0.1, -0.05) is 54.2 Å². The molecular weight excluding hydrogens is 368 g/mol. The minimum atomic E-state index is 0.0859. The molecule has 0 spiro atoms. The summed E-state index contributed by atoms with van der Waals surface area (Å²) in [5, 5.41) is 9.75. The Kier molecular flexibility index (Phi) is 6.72. The number of carbonyl (C=O) groups is 1. The molecule has 0 saturated carbocycles. The summed E-state index contributed by atoms with van der Waals surface area (Å²) in [6.07, 6.45) is 0.411. The number of imidazole rings is 1. The normalized spacial score (nSPS) is 10.9. The molecule has 6 heteroatoms. The van der Waals surface area contributed by atoms with Crippen LogP contribution in [-0.4, -0.2) is 32.2 Å². The predicted molar refractivity (Wildman–Crippen MR) is 113 cm³/mol. The maximum atomic E-state index is 12.9. The standard InChI is InChI=1S/C22H24N4OS/c1-17(2)26(15-18-9-4-3-5-10-18)21(27)16-28-22-24-19-11-6-7-12-20(19)25(22)14-8-13-23/h3-7,9-12,17H,8,14-16H2,1-2H3. The molecule has 3 rings (SSSR count). The quantitative estimate of drug-likeness (QED) is 0.530. The number of aromatic nitrogens is 2. The molecule has 144 valence electrons. The van der Waals surface area contributed by atoms with E-state index in [1.807, 2.05) is 77.9 Å². The fraction of sp³-hybridized carbons (Fsp3) is 0.318. The average Bonchev–Trinajstić information content (AvgIpc) is 3.06. The molecule has 28 heavy (non-hydrogen) atoms. The molecule has 5 nitrogen and oxygen atoms in total. The third-order valence-electron chi connectivity index (χ3n) is 4.53. The Labute approximate surface area is 170 Å². The molecule has 0 N–H and O–H groups in total. The van der Waals surface area contributed by atoms with Crippen molar-refractivity contribution in [1.82, 2.24) is 14.5 Å². The van der Waals surface area contributed by atoms with Crippen LogP contribution < -0.4 is 0 Å². The lowest BCUT2D eigenvalue weighted by Gasteiger charge is -2.27. The van der Waals surface area contributed by atoms with Crippen molar-refractivity contribution in [3.05, 3.63) is 60.2 Å². The van der Waals surface area contributed by atoms with Gasteiger partial charge < -0.3 is 9.47 Å². The summed E-state index contributed by atoms with van der Waals surface area (Å²) in [4.78, 5) is 19.5.